The van der Waals surface area contributed by atoms with E-state index in [1.807, 2.05) is 13.8 Å². The Morgan fingerprint density at radius 2 is 1.93 bits per heavy atom. The molecule has 7 nitrogen and oxygen atoms in total. The van der Waals surface area contributed by atoms with Crippen molar-refractivity contribution in [2.45, 2.75) is 20.0 Å². The third-order valence-electron chi connectivity index (χ3n) is 3.57. The number of nitrogens with zero attached hydrogens (tertiary/aromatic N) is 2. The molecule has 0 N–H and O–H groups in total. The van der Waals surface area contributed by atoms with Gasteiger partial charge in [-0.25, -0.2) is 9.79 Å². The molecule has 1 aliphatic rings. The van der Waals surface area contributed by atoms with Gasteiger partial charge in [0.25, 0.3) is 5.69 Å². The second kappa shape index (κ2) is 7.59. The fourth-order valence-corrected chi connectivity index (χ4v) is 2.59. The lowest BCUT2D eigenvalue weighted by Gasteiger charge is -2.09. The molecule has 0 aliphatic carbocycles. The number of carbonyl (C=O) groups is 1. The van der Waals surface area contributed by atoms with Gasteiger partial charge in [-0.15, -0.1) is 0 Å². The number of ether oxygens (including phenoxy) is 2. The highest BCUT2D eigenvalue weighted by atomic mass is 35.5. The van der Waals surface area contributed by atoms with Crippen LogP contribution in [-0.4, -0.2) is 22.9 Å². The quantitative estimate of drug-likeness (QED) is 0.329. The Bertz CT molecular complexity index is 965. The minimum Gasteiger partial charge on any atom is -0.491 e. The first-order chi connectivity index (χ1) is 12.8. The molecule has 2 aromatic rings. The molecule has 0 bridgehead atoms. The van der Waals surface area contributed by atoms with Crippen LogP contribution in [0.15, 0.2) is 53.2 Å². The zero-order chi connectivity index (χ0) is 19.6. The number of nitro benzene ring substituents is 1. The molecule has 0 saturated carbocycles. The van der Waals surface area contributed by atoms with Gasteiger partial charge >= 0.3 is 5.97 Å². The Morgan fingerprint density at radius 3 is 2.56 bits per heavy atom. The number of halogens is 1. The normalized spacial score (nSPS) is 15.0. The summed E-state index contributed by atoms with van der Waals surface area (Å²) < 4.78 is 10.7. The van der Waals surface area contributed by atoms with Crippen molar-refractivity contribution in [1.29, 1.82) is 0 Å². The number of aliphatic imine (C=N–C) groups is 1. The van der Waals surface area contributed by atoms with Gasteiger partial charge in [-0.2, -0.15) is 0 Å². The molecule has 0 spiro atoms. The minimum absolute atomic E-state index is 0.0610. The van der Waals surface area contributed by atoms with Crippen LogP contribution in [0, 0.1) is 10.1 Å². The number of nitro groups is 1. The molecule has 2 aromatic carbocycles. The fourth-order valence-electron chi connectivity index (χ4n) is 2.39. The summed E-state index contributed by atoms with van der Waals surface area (Å²) in [6.45, 7) is 3.86. The van der Waals surface area contributed by atoms with Crippen LogP contribution in [0.3, 0.4) is 0 Å². The van der Waals surface area contributed by atoms with E-state index in [1.54, 1.807) is 30.3 Å². The zero-order valence-corrected chi connectivity index (χ0v) is 15.3. The number of benzene rings is 2. The summed E-state index contributed by atoms with van der Waals surface area (Å²) in [7, 11) is 0. The van der Waals surface area contributed by atoms with E-state index < -0.39 is 10.9 Å². The van der Waals surface area contributed by atoms with Crippen LogP contribution in [0.2, 0.25) is 5.02 Å². The Hall–Kier alpha value is -3.19. The van der Waals surface area contributed by atoms with E-state index in [9.17, 15) is 14.9 Å². The van der Waals surface area contributed by atoms with Crippen LogP contribution >= 0.6 is 11.6 Å². The molecule has 0 radical (unpaired) electrons. The van der Waals surface area contributed by atoms with Gasteiger partial charge in [-0.05, 0) is 43.7 Å². The van der Waals surface area contributed by atoms with Crippen LogP contribution in [0.4, 0.5) is 5.69 Å². The zero-order valence-electron chi connectivity index (χ0n) is 14.5. The van der Waals surface area contributed by atoms with E-state index in [2.05, 4.69) is 4.99 Å². The average Bonchev–Trinajstić information content (AvgIpc) is 2.97. The summed E-state index contributed by atoms with van der Waals surface area (Å²) in [5.41, 5.74) is 0.813. The number of carbonyl (C=O) groups excluding carboxylic acids is 1. The monoisotopic (exact) mass is 386 g/mol. The summed E-state index contributed by atoms with van der Waals surface area (Å²) in [6, 6.07) is 11.0. The number of hydrogen-bond acceptors (Lipinski definition) is 6. The second-order valence-electron chi connectivity index (χ2n) is 5.99. The molecule has 0 atom stereocenters. The Kier molecular flexibility index (Phi) is 5.23. The molecule has 3 rings (SSSR count). The van der Waals surface area contributed by atoms with Gasteiger partial charge in [-0.1, -0.05) is 23.7 Å². The van der Waals surface area contributed by atoms with E-state index >= 15 is 0 Å². The molecule has 27 heavy (non-hydrogen) atoms. The van der Waals surface area contributed by atoms with Crippen LogP contribution in [-0.2, 0) is 9.53 Å². The van der Waals surface area contributed by atoms with E-state index in [4.69, 9.17) is 21.1 Å². The Labute approximate surface area is 160 Å². The predicted octanol–water partition coefficient (Wildman–Crippen LogP) is 4.38. The fraction of sp³-hybridized carbons (Fsp3) is 0.158. The van der Waals surface area contributed by atoms with Crippen LogP contribution in [0.25, 0.3) is 6.08 Å². The molecule has 0 amide bonds. The topological polar surface area (TPSA) is 91.0 Å². The highest BCUT2D eigenvalue weighted by Gasteiger charge is 2.27. The maximum absolute atomic E-state index is 12.1. The largest absolute Gasteiger partial charge is 0.491 e. The van der Waals surface area contributed by atoms with Crippen molar-refractivity contribution < 1.29 is 19.2 Å². The average molecular weight is 387 g/mol. The number of rotatable bonds is 5. The molecule has 1 heterocycles. The highest BCUT2D eigenvalue weighted by molar-refractivity contribution is 6.34. The number of cyclic esters (lactones) is 1. The molecule has 0 unspecified atom stereocenters. The molecule has 138 valence electrons. The first-order valence-corrected chi connectivity index (χ1v) is 8.45. The van der Waals surface area contributed by atoms with Crippen molar-refractivity contribution in [3.05, 3.63) is 74.4 Å². The number of esters is 1. The molecular formula is C19H15ClN2O5. The van der Waals surface area contributed by atoms with Crippen molar-refractivity contribution in [2.24, 2.45) is 4.99 Å². The third-order valence-corrected chi connectivity index (χ3v) is 3.90. The van der Waals surface area contributed by atoms with Gasteiger partial charge in [0.15, 0.2) is 5.70 Å². The Balaban J connectivity index is 1.89. The lowest BCUT2D eigenvalue weighted by molar-refractivity contribution is -0.384. The minimum atomic E-state index is -0.657. The van der Waals surface area contributed by atoms with E-state index in [-0.39, 0.29) is 34.0 Å². The van der Waals surface area contributed by atoms with Crippen LogP contribution in [0.5, 0.6) is 5.75 Å². The van der Waals surface area contributed by atoms with Gasteiger partial charge in [0, 0.05) is 12.1 Å². The van der Waals surface area contributed by atoms with E-state index in [0.29, 0.717) is 5.75 Å². The first kappa shape index (κ1) is 18.6. The van der Waals surface area contributed by atoms with Crippen LogP contribution in [0.1, 0.15) is 25.0 Å². The van der Waals surface area contributed by atoms with Crippen molar-refractivity contribution >= 4 is 35.2 Å². The van der Waals surface area contributed by atoms with Gasteiger partial charge in [0.1, 0.15) is 5.75 Å². The van der Waals surface area contributed by atoms with Gasteiger partial charge in [0.2, 0.25) is 5.90 Å². The lowest BCUT2D eigenvalue weighted by atomic mass is 10.2. The molecule has 1 aliphatic heterocycles. The predicted molar refractivity (Wildman–Crippen MR) is 101 cm³/mol. The summed E-state index contributed by atoms with van der Waals surface area (Å²) in [4.78, 5) is 26.6. The van der Waals surface area contributed by atoms with Crippen molar-refractivity contribution in [2.75, 3.05) is 0 Å². The lowest BCUT2D eigenvalue weighted by Crippen LogP contribution is -2.06. The van der Waals surface area contributed by atoms with Crippen molar-refractivity contribution in [3.8, 4) is 5.75 Å². The van der Waals surface area contributed by atoms with Gasteiger partial charge in [-0.3, -0.25) is 10.1 Å². The molecular weight excluding hydrogens is 372 g/mol. The van der Waals surface area contributed by atoms with Gasteiger partial charge in [0.05, 0.1) is 21.6 Å². The van der Waals surface area contributed by atoms with Gasteiger partial charge < -0.3 is 9.47 Å². The Morgan fingerprint density at radius 1 is 1.22 bits per heavy atom. The van der Waals surface area contributed by atoms with Crippen LogP contribution < -0.4 is 4.74 Å². The van der Waals surface area contributed by atoms with Crippen molar-refractivity contribution in [1.82, 2.24) is 0 Å². The standard InChI is InChI=1S/C19H15ClN2O5/c1-11(2)26-14-6-3-12(4-7-14)9-17-19(23)27-18(21-17)15-10-13(22(24)25)5-8-16(15)20/h3-11H,1-2H3/b17-9-. The van der Waals surface area contributed by atoms with E-state index in [1.165, 1.54) is 18.2 Å². The highest BCUT2D eigenvalue weighted by Crippen LogP contribution is 2.27. The van der Waals surface area contributed by atoms with E-state index in [0.717, 1.165) is 5.56 Å². The summed E-state index contributed by atoms with van der Waals surface area (Å²) in [6.07, 6.45) is 1.62. The summed E-state index contributed by atoms with van der Waals surface area (Å²) in [5.74, 6) is -0.0106. The second-order valence-corrected chi connectivity index (χ2v) is 6.40. The molecule has 0 saturated heterocycles. The SMILES string of the molecule is CC(C)Oc1ccc(/C=C2\N=C(c3cc([N+](=O)[O-])ccc3Cl)OC2=O)cc1. The smallest absolute Gasteiger partial charge is 0.363 e. The maximum Gasteiger partial charge on any atom is 0.363 e. The molecule has 0 fully saturated rings. The maximum atomic E-state index is 12.1. The number of non-ortho nitro benzene ring substituents is 1. The third kappa shape index (κ3) is 4.32. The van der Waals surface area contributed by atoms with Crippen molar-refractivity contribution in [3.63, 3.8) is 0 Å². The first-order valence-electron chi connectivity index (χ1n) is 8.07. The summed E-state index contributed by atoms with van der Waals surface area (Å²) >= 11 is 6.07. The molecule has 0 aromatic heterocycles. The number of hydrogen-bond donors (Lipinski definition) is 0. The summed E-state index contributed by atoms with van der Waals surface area (Å²) in [5, 5.41) is 11.1. The molecule has 8 heteroatoms.